The maximum absolute atomic E-state index is 14.9. The third kappa shape index (κ3) is 4.26. The first kappa shape index (κ1) is 21.7. The van der Waals surface area contributed by atoms with Crippen molar-refractivity contribution in [1.29, 1.82) is 0 Å². The lowest BCUT2D eigenvalue weighted by Crippen LogP contribution is -2.43. The largest absolute Gasteiger partial charge is 0.507 e. The number of amides is 1. The van der Waals surface area contributed by atoms with Crippen molar-refractivity contribution in [2.45, 2.75) is 12.8 Å². The lowest BCUT2D eigenvalue weighted by molar-refractivity contribution is -0.117. The molecule has 0 unspecified atom stereocenters. The van der Waals surface area contributed by atoms with E-state index in [1.165, 1.54) is 11.0 Å². The Morgan fingerprint density at radius 2 is 1.73 bits per heavy atom. The van der Waals surface area contributed by atoms with Crippen LogP contribution in [0.5, 0.6) is 5.75 Å². The topological polar surface area (TPSA) is 68.7 Å². The van der Waals surface area contributed by atoms with Crippen molar-refractivity contribution < 1.29 is 14.3 Å². The minimum atomic E-state index is -0.506. The van der Waals surface area contributed by atoms with E-state index in [9.17, 15) is 14.3 Å². The van der Waals surface area contributed by atoms with Crippen molar-refractivity contribution in [2.75, 3.05) is 42.5 Å². The summed E-state index contributed by atoms with van der Waals surface area (Å²) in [6.07, 6.45) is 2.87. The maximum Gasteiger partial charge on any atom is 0.227 e. The third-order valence-electron chi connectivity index (χ3n) is 6.20. The Hall–Kier alpha value is -3.16. The summed E-state index contributed by atoms with van der Waals surface area (Å²) in [5, 5.41) is 14.9. The predicted octanol–water partition coefficient (Wildman–Crippen LogP) is 4.45. The van der Waals surface area contributed by atoms with Crippen LogP contribution < -0.4 is 15.1 Å². The van der Waals surface area contributed by atoms with Gasteiger partial charge in [-0.25, -0.2) is 9.37 Å². The second-order valence-electron chi connectivity index (χ2n) is 8.30. The molecule has 8 heteroatoms. The Balaban J connectivity index is 1.52. The molecule has 2 fully saturated rings. The minimum Gasteiger partial charge on any atom is -0.507 e. The van der Waals surface area contributed by atoms with Crippen molar-refractivity contribution in [3.63, 3.8) is 0 Å². The highest BCUT2D eigenvalue weighted by Crippen LogP contribution is 2.42. The Morgan fingerprint density at radius 1 is 1.00 bits per heavy atom. The fraction of sp³-hybridized carbons (Fsp3) is 0.280. The number of carbonyl (C=O) groups is 1. The molecule has 33 heavy (non-hydrogen) atoms. The van der Waals surface area contributed by atoms with Gasteiger partial charge in [-0.2, -0.15) is 0 Å². The molecule has 0 radical (unpaired) electrons. The normalized spacial score (nSPS) is 16.5. The maximum atomic E-state index is 14.9. The zero-order valence-corrected chi connectivity index (χ0v) is 18.8. The summed E-state index contributed by atoms with van der Waals surface area (Å²) in [4.78, 5) is 20.2. The van der Waals surface area contributed by atoms with Crippen LogP contribution in [0, 0.1) is 5.82 Å². The first-order chi connectivity index (χ1) is 16.0. The number of phenolic OH excluding ortho intramolecular Hbond substituents is 1. The molecule has 0 aliphatic carbocycles. The monoisotopic (exact) mass is 466 g/mol. The van der Waals surface area contributed by atoms with Crippen LogP contribution in [0.3, 0.4) is 0 Å². The van der Waals surface area contributed by atoms with Gasteiger partial charge in [-0.15, -0.1) is 0 Å². The second-order valence-corrected chi connectivity index (χ2v) is 8.74. The number of hydrogen-bond acceptors (Lipinski definition) is 5. The standard InChI is InChI=1S/C25H24ClFN4O2/c26-18-14-19(16-3-4-22(21(27)12-16)31-9-1-2-24(31)32)25(33)20(15-18)17-5-6-29-23(13-17)30-10-7-28-8-11-30/h3-6,12-15,28,33H,1-2,7-11H2. The summed E-state index contributed by atoms with van der Waals surface area (Å²) < 4.78 is 14.9. The molecule has 5 rings (SSSR count). The molecule has 0 atom stereocenters. The number of aromatic nitrogens is 1. The average Bonchev–Trinajstić information content (AvgIpc) is 3.26. The van der Waals surface area contributed by atoms with Crippen LogP contribution in [0.25, 0.3) is 22.3 Å². The van der Waals surface area contributed by atoms with E-state index < -0.39 is 5.82 Å². The predicted molar refractivity (Wildman–Crippen MR) is 128 cm³/mol. The second kappa shape index (κ2) is 9.00. The van der Waals surface area contributed by atoms with E-state index in [1.807, 2.05) is 12.1 Å². The van der Waals surface area contributed by atoms with Crippen LogP contribution >= 0.6 is 11.6 Å². The number of pyridine rings is 1. The van der Waals surface area contributed by atoms with E-state index in [0.717, 1.165) is 44.0 Å². The van der Waals surface area contributed by atoms with Crippen LogP contribution in [-0.2, 0) is 4.79 Å². The zero-order chi connectivity index (χ0) is 22.9. The smallest absolute Gasteiger partial charge is 0.227 e. The molecule has 0 spiro atoms. The fourth-order valence-electron chi connectivity index (χ4n) is 4.49. The Labute approximate surface area is 196 Å². The first-order valence-corrected chi connectivity index (χ1v) is 11.4. The minimum absolute atomic E-state index is 0.0151. The molecule has 170 valence electrons. The molecule has 1 aromatic heterocycles. The molecular formula is C25H24ClFN4O2. The van der Waals surface area contributed by atoms with E-state index in [4.69, 9.17) is 11.6 Å². The molecule has 2 N–H and O–H groups in total. The number of carbonyl (C=O) groups excluding carboxylic acids is 1. The molecule has 2 aliphatic rings. The van der Waals surface area contributed by atoms with Gasteiger partial charge < -0.3 is 20.2 Å². The molecule has 6 nitrogen and oxygen atoms in total. The lowest BCUT2D eigenvalue weighted by atomic mass is 9.97. The van der Waals surface area contributed by atoms with Gasteiger partial charge in [0.2, 0.25) is 5.91 Å². The van der Waals surface area contributed by atoms with Crippen molar-refractivity contribution in [3.05, 3.63) is 59.5 Å². The van der Waals surface area contributed by atoms with Crippen molar-refractivity contribution >= 4 is 29.0 Å². The quantitative estimate of drug-likeness (QED) is 0.594. The number of nitrogens with zero attached hydrogens (tertiary/aromatic N) is 3. The number of piperazine rings is 1. The van der Waals surface area contributed by atoms with Crippen LogP contribution in [0.4, 0.5) is 15.9 Å². The first-order valence-electron chi connectivity index (χ1n) is 11.1. The van der Waals surface area contributed by atoms with Gasteiger partial charge >= 0.3 is 0 Å². The SMILES string of the molecule is O=C1CCCN1c1ccc(-c2cc(Cl)cc(-c3ccnc(N4CCNCC4)c3)c2O)cc1F. The highest BCUT2D eigenvalue weighted by Gasteiger charge is 2.25. The van der Waals surface area contributed by atoms with Gasteiger partial charge in [-0.05, 0) is 53.9 Å². The van der Waals surface area contributed by atoms with Crippen LogP contribution in [0.2, 0.25) is 5.02 Å². The van der Waals surface area contributed by atoms with Gasteiger partial charge in [-0.1, -0.05) is 17.7 Å². The van der Waals surface area contributed by atoms with Gasteiger partial charge in [0.1, 0.15) is 17.4 Å². The lowest BCUT2D eigenvalue weighted by Gasteiger charge is -2.28. The van der Waals surface area contributed by atoms with E-state index in [0.29, 0.717) is 34.7 Å². The highest BCUT2D eigenvalue weighted by molar-refractivity contribution is 6.31. The number of halogens is 2. The number of benzene rings is 2. The van der Waals surface area contributed by atoms with Gasteiger partial charge in [-0.3, -0.25) is 4.79 Å². The van der Waals surface area contributed by atoms with E-state index in [2.05, 4.69) is 15.2 Å². The summed E-state index contributed by atoms with van der Waals surface area (Å²) >= 11 is 6.41. The molecule has 2 aliphatic heterocycles. The summed E-state index contributed by atoms with van der Waals surface area (Å²) in [5.41, 5.74) is 2.50. The highest BCUT2D eigenvalue weighted by atomic mass is 35.5. The number of nitrogens with one attached hydrogen (secondary N) is 1. The molecule has 1 amide bonds. The van der Waals surface area contributed by atoms with Gasteiger partial charge in [0.25, 0.3) is 0 Å². The molecule has 2 aromatic carbocycles. The van der Waals surface area contributed by atoms with E-state index in [-0.39, 0.29) is 17.3 Å². The molecule has 0 bridgehead atoms. The number of aromatic hydroxyl groups is 1. The molecular weight excluding hydrogens is 443 g/mol. The summed E-state index contributed by atoms with van der Waals surface area (Å²) in [7, 11) is 0. The average molecular weight is 467 g/mol. The Morgan fingerprint density at radius 3 is 2.39 bits per heavy atom. The van der Waals surface area contributed by atoms with Crippen molar-refractivity contribution in [1.82, 2.24) is 10.3 Å². The zero-order valence-electron chi connectivity index (χ0n) is 18.0. The number of phenols is 1. The van der Waals surface area contributed by atoms with Crippen LogP contribution in [-0.4, -0.2) is 48.7 Å². The van der Waals surface area contributed by atoms with E-state index in [1.54, 1.807) is 30.5 Å². The third-order valence-corrected chi connectivity index (χ3v) is 6.41. The summed E-state index contributed by atoms with van der Waals surface area (Å²) in [5.74, 6) is 0.267. The van der Waals surface area contributed by atoms with Gasteiger partial charge in [0, 0.05) is 61.5 Å². The molecule has 2 saturated heterocycles. The number of rotatable bonds is 4. The van der Waals surface area contributed by atoms with Crippen LogP contribution in [0.1, 0.15) is 12.8 Å². The summed E-state index contributed by atoms with van der Waals surface area (Å²) in [6, 6.07) is 11.7. The van der Waals surface area contributed by atoms with E-state index >= 15 is 0 Å². The molecule has 3 heterocycles. The molecule has 3 aromatic rings. The van der Waals surface area contributed by atoms with Crippen molar-refractivity contribution in [3.8, 4) is 28.0 Å². The number of hydrogen-bond donors (Lipinski definition) is 2. The Kier molecular flexibility index (Phi) is 5.91. The van der Waals surface area contributed by atoms with Crippen LogP contribution in [0.15, 0.2) is 48.7 Å². The Bertz CT molecular complexity index is 1210. The fourth-order valence-corrected chi connectivity index (χ4v) is 4.71. The number of anilines is 2. The molecule has 0 saturated carbocycles. The van der Waals surface area contributed by atoms with Gasteiger partial charge in [0.05, 0.1) is 5.69 Å². The van der Waals surface area contributed by atoms with Crippen molar-refractivity contribution in [2.24, 2.45) is 0 Å². The van der Waals surface area contributed by atoms with Gasteiger partial charge in [0.15, 0.2) is 0 Å². The summed E-state index contributed by atoms with van der Waals surface area (Å²) in [6.45, 7) is 4.01.